The molecule has 3 nitrogen and oxygen atoms in total. The number of rotatable bonds is 4. The monoisotopic (exact) mass is 232 g/mol. The summed E-state index contributed by atoms with van der Waals surface area (Å²) < 4.78 is 0. The summed E-state index contributed by atoms with van der Waals surface area (Å²) in [6.45, 7) is 2.96. The van der Waals surface area contributed by atoms with Crippen LogP contribution in [0.5, 0.6) is 0 Å². The van der Waals surface area contributed by atoms with Crippen LogP contribution in [0, 0.1) is 11.8 Å². The van der Waals surface area contributed by atoms with Gasteiger partial charge in [-0.15, -0.1) is 0 Å². The summed E-state index contributed by atoms with van der Waals surface area (Å²) in [4.78, 5) is 14.0. The number of hydrogen-bond donors (Lipinski definition) is 1. The van der Waals surface area contributed by atoms with Gasteiger partial charge in [0, 0.05) is 18.2 Å². The van der Waals surface area contributed by atoms with Crippen LogP contribution in [-0.2, 0) is 11.3 Å². The van der Waals surface area contributed by atoms with Crippen molar-refractivity contribution in [3.8, 4) is 0 Å². The SMILES string of the molecule is C[C@H]1C[C@H]1C(=O)Nc1ccccc1CN(C)C. The van der Waals surface area contributed by atoms with Gasteiger partial charge in [0.25, 0.3) is 0 Å². The molecule has 92 valence electrons. The number of carbonyl (C=O) groups excluding carboxylic acids is 1. The van der Waals surface area contributed by atoms with Crippen LogP contribution in [0.3, 0.4) is 0 Å². The molecular weight excluding hydrogens is 212 g/mol. The zero-order valence-corrected chi connectivity index (χ0v) is 10.7. The summed E-state index contributed by atoms with van der Waals surface area (Å²) in [6.07, 6.45) is 1.03. The molecule has 1 aromatic rings. The van der Waals surface area contributed by atoms with Crippen LogP contribution in [0.25, 0.3) is 0 Å². The van der Waals surface area contributed by atoms with E-state index in [2.05, 4.69) is 23.2 Å². The van der Waals surface area contributed by atoms with Crippen molar-refractivity contribution < 1.29 is 4.79 Å². The summed E-state index contributed by atoms with van der Waals surface area (Å²) >= 11 is 0. The lowest BCUT2D eigenvalue weighted by molar-refractivity contribution is -0.117. The van der Waals surface area contributed by atoms with Gasteiger partial charge in [0.05, 0.1) is 0 Å². The predicted octanol–water partition coefficient (Wildman–Crippen LogP) is 2.34. The smallest absolute Gasteiger partial charge is 0.227 e. The quantitative estimate of drug-likeness (QED) is 0.864. The highest BCUT2D eigenvalue weighted by Gasteiger charge is 2.39. The Bertz CT molecular complexity index is 414. The van der Waals surface area contributed by atoms with Gasteiger partial charge in [0.2, 0.25) is 5.91 Å². The standard InChI is InChI=1S/C14H20N2O/c1-10-8-12(10)14(17)15-13-7-5-4-6-11(13)9-16(2)3/h4-7,10,12H,8-9H2,1-3H3,(H,15,17)/t10-,12+/m0/s1. The average Bonchev–Trinajstić information content (AvgIpc) is 2.98. The van der Waals surface area contributed by atoms with Crippen LogP contribution in [0.1, 0.15) is 18.9 Å². The maximum Gasteiger partial charge on any atom is 0.227 e. The number of para-hydroxylation sites is 1. The van der Waals surface area contributed by atoms with Gasteiger partial charge in [0.15, 0.2) is 0 Å². The molecule has 1 aliphatic carbocycles. The third-order valence-corrected chi connectivity index (χ3v) is 3.21. The van der Waals surface area contributed by atoms with E-state index in [4.69, 9.17) is 0 Å². The Morgan fingerprint density at radius 1 is 1.41 bits per heavy atom. The Hall–Kier alpha value is -1.35. The largest absolute Gasteiger partial charge is 0.326 e. The molecule has 0 aromatic heterocycles. The maximum absolute atomic E-state index is 11.9. The van der Waals surface area contributed by atoms with E-state index in [9.17, 15) is 4.79 Å². The predicted molar refractivity (Wildman–Crippen MR) is 69.7 cm³/mol. The Morgan fingerprint density at radius 3 is 2.65 bits per heavy atom. The van der Waals surface area contributed by atoms with Crippen LogP contribution >= 0.6 is 0 Å². The average molecular weight is 232 g/mol. The highest BCUT2D eigenvalue weighted by molar-refractivity contribution is 5.95. The van der Waals surface area contributed by atoms with Gasteiger partial charge in [-0.25, -0.2) is 0 Å². The van der Waals surface area contributed by atoms with Crippen LogP contribution in [0.4, 0.5) is 5.69 Å². The van der Waals surface area contributed by atoms with E-state index in [1.54, 1.807) is 0 Å². The van der Waals surface area contributed by atoms with Crippen molar-refractivity contribution in [1.82, 2.24) is 4.90 Å². The molecule has 2 rings (SSSR count). The number of benzene rings is 1. The van der Waals surface area contributed by atoms with E-state index in [1.165, 1.54) is 5.56 Å². The number of anilines is 1. The molecule has 1 N–H and O–H groups in total. The number of nitrogens with zero attached hydrogens (tertiary/aromatic N) is 1. The number of nitrogens with one attached hydrogen (secondary N) is 1. The zero-order valence-electron chi connectivity index (χ0n) is 10.7. The van der Waals surface area contributed by atoms with Crippen molar-refractivity contribution in [1.29, 1.82) is 0 Å². The highest BCUT2D eigenvalue weighted by atomic mass is 16.2. The molecule has 1 fully saturated rings. The lowest BCUT2D eigenvalue weighted by atomic mass is 10.1. The highest BCUT2D eigenvalue weighted by Crippen LogP contribution is 2.38. The van der Waals surface area contributed by atoms with Crippen LogP contribution in [-0.4, -0.2) is 24.9 Å². The van der Waals surface area contributed by atoms with Crippen molar-refractivity contribution in [2.75, 3.05) is 19.4 Å². The normalized spacial score (nSPS) is 22.6. The summed E-state index contributed by atoms with van der Waals surface area (Å²) in [7, 11) is 4.06. The van der Waals surface area contributed by atoms with Gasteiger partial charge < -0.3 is 10.2 Å². The topological polar surface area (TPSA) is 32.3 Å². The Morgan fingerprint density at radius 2 is 2.06 bits per heavy atom. The van der Waals surface area contributed by atoms with Crippen molar-refractivity contribution in [2.45, 2.75) is 19.9 Å². The van der Waals surface area contributed by atoms with E-state index < -0.39 is 0 Å². The van der Waals surface area contributed by atoms with Gasteiger partial charge in [-0.05, 0) is 38.1 Å². The first-order valence-corrected chi connectivity index (χ1v) is 6.11. The van der Waals surface area contributed by atoms with E-state index in [0.717, 1.165) is 18.7 Å². The van der Waals surface area contributed by atoms with Gasteiger partial charge in [-0.3, -0.25) is 4.79 Å². The molecule has 2 atom stereocenters. The molecule has 17 heavy (non-hydrogen) atoms. The summed E-state index contributed by atoms with van der Waals surface area (Å²) in [5.41, 5.74) is 2.12. The molecule has 1 saturated carbocycles. The van der Waals surface area contributed by atoms with Gasteiger partial charge >= 0.3 is 0 Å². The van der Waals surface area contributed by atoms with Crippen molar-refractivity contribution in [3.05, 3.63) is 29.8 Å². The first kappa shape index (κ1) is 12.1. The summed E-state index contributed by atoms with van der Waals surface area (Å²) in [5, 5.41) is 3.04. The van der Waals surface area contributed by atoms with Gasteiger partial charge in [-0.2, -0.15) is 0 Å². The number of carbonyl (C=O) groups is 1. The van der Waals surface area contributed by atoms with E-state index in [1.807, 2.05) is 32.3 Å². The minimum atomic E-state index is 0.170. The fourth-order valence-corrected chi connectivity index (χ4v) is 2.03. The molecule has 1 aromatic carbocycles. The summed E-state index contributed by atoms with van der Waals surface area (Å²) in [5.74, 6) is 0.946. The van der Waals surface area contributed by atoms with E-state index in [0.29, 0.717) is 5.92 Å². The fraction of sp³-hybridized carbons (Fsp3) is 0.500. The minimum Gasteiger partial charge on any atom is -0.326 e. The minimum absolute atomic E-state index is 0.170. The second-order valence-electron chi connectivity index (χ2n) is 5.20. The molecule has 0 bridgehead atoms. The first-order valence-electron chi connectivity index (χ1n) is 6.11. The second kappa shape index (κ2) is 4.88. The first-order chi connectivity index (χ1) is 8.08. The molecule has 1 amide bonds. The molecule has 0 unspecified atom stereocenters. The maximum atomic E-state index is 11.9. The van der Waals surface area contributed by atoms with Crippen LogP contribution in [0.15, 0.2) is 24.3 Å². The number of hydrogen-bond acceptors (Lipinski definition) is 2. The Labute approximate surface area is 103 Å². The molecular formula is C14H20N2O. The lowest BCUT2D eigenvalue weighted by Gasteiger charge is -2.14. The van der Waals surface area contributed by atoms with Crippen LogP contribution in [0.2, 0.25) is 0 Å². The summed E-state index contributed by atoms with van der Waals surface area (Å²) in [6, 6.07) is 8.01. The van der Waals surface area contributed by atoms with Crippen molar-refractivity contribution >= 4 is 11.6 Å². The third kappa shape index (κ3) is 3.07. The molecule has 0 radical (unpaired) electrons. The van der Waals surface area contributed by atoms with Gasteiger partial charge in [-0.1, -0.05) is 25.1 Å². The van der Waals surface area contributed by atoms with Crippen molar-refractivity contribution in [3.63, 3.8) is 0 Å². The van der Waals surface area contributed by atoms with Gasteiger partial charge in [0.1, 0.15) is 0 Å². The molecule has 0 spiro atoms. The molecule has 1 aliphatic rings. The third-order valence-electron chi connectivity index (χ3n) is 3.21. The Kier molecular flexibility index (Phi) is 3.48. The van der Waals surface area contributed by atoms with Crippen molar-refractivity contribution in [2.24, 2.45) is 11.8 Å². The molecule has 3 heteroatoms. The zero-order chi connectivity index (χ0) is 12.4. The van der Waals surface area contributed by atoms with Crippen LogP contribution < -0.4 is 5.32 Å². The molecule has 0 heterocycles. The lowest BCUT2D eigenvalue weighted by Crippen LogP contribution is -2.18. The fourth-order valence-electron chi connectivity index (χ4n) is 2.03. The molecule has 0 aliphatic heterocycles. The number of amides is 1. The van der Waals surface area contributed by atoms with E-state index >= 15 is 0 Å². The second-order valence-corrected chi connectivity index (χ2v) is 5.20. The molecule has 0 saturated heterocycles. The van der Waals surface area contributed by atoms with E-state index in [-0.39, 0.29) is 11.8 Å². The Balaban J connectivity index is 2.06.